The summed E-state index contributed by atoms with van der Waals surface area (Å²) in [6.45, 7) is 1.96. The van der Waals surface area contributed by atoms with E-state index in [1.807, 2.05) is 13.0 Å². The molecule has 0 aliphatic heterocycles. The van der Waals surface area contributed by atoms with E-state index in [1.54, 1.807) is 12.1 Å². The predicted molar refractivity (Wildman–Crippen MR) is 76.5 cm³/mol. The van der Waals surface area contributed by atoms with Gasteiger partial charge in [-0.15, -0.1) is 11.8 Å². The van der Waals surface area contributed by atoms with Crippen molar-refractivity contribution in [2.24, 2.45) is 0 Å². The Hall–Kier alpha value is -1.05. The maximum absolute atomic E-state index is 13.4. The molecule has 1 fully saturated rings. The lowest BCUT2D eigenvalue weighted by molar-refractivity contribution is 0.411. The molecule has 1 aliphatic rings. The summed E-state index contributed by atoms with van der Waals surface area (Å²) in [5.41, 5.74) is -0.434. The number of hydrogen-bond donors (Lipinski definition) is 1. The minimum atomic E-state index is -0.434. The molecule has 0 bridgehead atoms. The Balaban J connectivity index is 1.74. The average molecular weight is 278 g/mol. The molecule has 19 heavy (non-hydrogen) atoms. The number of rotatable bonds is 7. The standard InChI is InChI=1S/C15H19FN2S/c1-15(11-17,18-12-7-8-12)9-4-10-19-14-6-3-2-5-13(14)16/h2-3,5-6,12,18H,4,7-10H2,1H3. The Bertz CT molecular complexity index is 467. The third-order valence-corrected chi connectivity index (χ3v) is 4.40. The monoisotopic (exact) mass is 278 g/mol. The first-order valence-corrected chi connectivity index (χ1v) is 7.68. The van der Waals surface area contributed by atoms with Crippen molar-refractivity contribution in [3.8, 4) is 6.07 Å². The molecule has 1 saturated carbocycles. The lowest BCUT2D eigenvalue weighted by atomic mass is 9.98. The molecule has 102 valence electrons. The molecular formula is C15H19FN2S. The second-order valence-electron chi connectivity index (χ2n) is 5.24. The molecular weight excluding hydrogens is 259 g/mol. The fourth-order valence-corrected chi connectivity index (χ4v) is 2.90. The number of nitriles is 1. The van der Waals surface area contributed by atoms with E-state index in [2.05, 4.69) is 11.4 Å². The highest BCUT2D eigenvalue weighted by atomic mass is 32.2. The van der Waals surface area contributed by atoms with E-state index in [-0.39, 0.29) is 5.82 Å². The number of nitrogens with one attached hydrogen (secondary N) is 1. The summed E-state index contributed by atoms with van der Waals surface area (Å²) in [7, 11) is 0. The van der Waals surface area contributed by atoms with E-state index in [0.717, 1.165) is 18.6 Å². The van der Waals surface area contributed by atoms with Gasteiger partial charge < -0.3 is 0 Å². The first kappa shape index (κ1) is 14.4. The van der Waals surface area contributed by atoms with Crippen LogP contribution in [-0.2, 0) is 0 Å². The summed E-state index contributed by atoms with van der Waals surface area (Å²) in [5.74, 6) is 0.677. The van der Waals surface area contributed by atoms with Gasteiger partial charge in [0, 0.05) is 10.9 Å². The van der Waals surface area contributed by atoms with Crippen molar-refractivity contribution in [1.29, 1.82) is 5.26 Å². The smallest absolute Gasteiger partial charge is 0.136 e. The normalized spacial score (nSPS) is 17.7. The molecule has 1 atom stereocenters. The molecule has 2 nitrogen and oxygen atoms in total. The summed E-state index contributed by atoms with van der Waals surface area (Å²) in [5, 5.41) is 12.6. The van der Waals surface area contributed by atoms with Crippen molar-refractivity contribution in [2.45, 2.75) is 49.1 Å². The number of halogens is 1. The van der Waals surface area contributed by atoms with E-state index >= 15 is 0 Å². The van der Waals surface area contributed by atoms with Crippen LogP contribution in [0.2, 0.25) is 0 Å². The van der Waals surface area contributed by atoms with Crippen LogP contribution in [0.1, 0.15) is 32.6 Å². The van der Waals surface area contributed by atoms with Gasteiger partial charge in [-0.3, -0.25) is 5.32 Å². The third kappa shape index (κ3) is 4.52. The molecule has 0 saturated heterocycles. The Morgan fingerprint density at radius 1 is 1.47 bits per heavy atom. The van der Waals surface area contributed by atoms with Crippen molar-refractivity contribution < 1.29 is 4.39 Å². The summed E-state index contributed by atoms with van der Waals surface area (Å²) < 4.78 is 13.4. The van der Waals surface area contributed by atoms with Crippen LogP contribution in [0.4, 0.5) is 4.39 Å². The van der Waals surface area contributed by atoms with E-state index in [0.29, 0.717) is 10.9 Å². The number of hydrogen-bond acceptors (Lipinski definition) is 3. The molecule has 0 heterocycles. The van der Waals surface area contributed by atoms with Crippen LogP contribution in [0.5, 0.6) is 0 Å². The zero-order valence-corrected chi connectivity index (χ0v) is 12.0. The highest BCUT2D eigenvalue weighted by Crippen LogP contribution is 2.26. The molecule has 4 heteroatoms. The van der Waals surface area contributed by atoms with Gasteiger partial charge in [0.2, 0.25) is 0 Å². The lowest BCUT2D eigenvalue weighted by Gasteiger charge is -2.23. The minimum Gasteiger partial charge on any atom is -0.297 e. The van der Waals surface area contributed by atoms with Crippen LogP contribution in [0.25, 0.3) is 0 Å². The van der Waals surface area contributed by atoms with Crippen molar-refractivity contribution in [1.82, 2.24) is 5.32 Å². The van der Waals surface area contributed by atoms with Gasteiger partial charge in [0.25, 0.3) is 0 Å². The molecule has 1 aromatic carbocycles. The largest absolute Gasteiger partial charge is 0.297 e. The highest BCUT2D eigenvalue weighted by molar-refractivity contribution is 7.99. The van der Waals surface area contributed by atoms with Crippen molar-refractivity contribution in [3.05, 3.63) is 30.1 Å². The predicted octanol–water partition coefficient (Wildman–Crippen LogP) is 3.73. The SMILES string of the molecule is CC(C#N)(CCCSc1ccccc1F)NC1CC1. The number of nitrogens with zero attached hydrogens (tertiary/aromatic N) is 1. The van der Waals surface area contributed by atoms with Crippen molar-refractivity contribution >= 4 is 11.8 Å². The fraction of sp³-hybridized carbons (Fsp3) is 0.533. The van der Waals surface area contributed by atoms with Gasteiger partial charge in [-0.25, -0.2) is 4.39 Å². The van der Waals surface area contributed by atoms with Crippen LogP contribution in [-0.4, -0.2) is 17.3 Å². The Morgan fingerprint density at radius 3 is 2.84 bits per heavy atom. The first-order valence-electron chi connectivity index (χ1n) is 6.69. The molecule has 1 aliphatic carbocycles. The van der Waals surface area contributed by atoms with Crippen LogP contribution in [0.3, 0.4) is 0 Å². The molecule has 1 N–H and O–H groups in total. The summed E-state index contributed by atoms with van der Waals surface area (Å²) in [6, 6.07) is 9.72. The topological polar surface area (TPSA) is 35.8 Å². The van der Waals surface area contributed by atoms with E-state index in [9.17, 15) is 9.65 Å². The Kier molecular flexibility index (Phi) is 4.84. The molecule has 0 spiro atoms. The summed E-state index contributed by atoms with van der Waals surface area (Å²) in [6.07, 6.45) is 4.08. The third-order valence-electron chi connectivity index (χ3n) is 3.26. The van der Waals surface area contributed by atoms with Crippen LogP contribution >= 0.6 is 11.8 Å². The van der Waals surface area contributed by atoms with Gasteiger partial charge in [-0.2, -0.15) is 5.26 Å². The van der Waals surface area contributed by atoms with Gasteiger partial charge in [0.05, 0.1) is 6.07 Å². The Labute approximate surface area is 118 Å². The van der Waals surface area contributed by atoms with Crippen molar-refractivity contribution in [2.75, 3.05) is 5.75 Å². The molecule has 1 aromatic rings. The summed E-state index contributed by atoms with van der Waals surface area (Å²) >= 11 is 1.52. The number of benzene rings is 1. The fourth-order valence-electron chi connectivity index (χ4n) is 2.01. The summed E-state index contributed by atoms with van der Waals surface area (Å²) in [4.78, 5) is 0.691. The lowest BCUT2D eigenvalue weighted by Crippen LogP contribution is -2.42. The quantitative estimate of drug-likeness (QED) is 0.610. The molecule has 1 unspecified atom stereocenters. The molecule has 0 amide bonds. The van der Waals surface area contributed by atoms with Crippen LogP contribution in [0.15, 0.2) is 29.2 Å². The van der Waals surface area contributed by atoms with Gasteiger partial charge in [-0.05, 0) is 50.5 Å². The number of thioether (sulfide) groups is 1. The zero-order chi connectivity index (χ0) is 13.7. The van der Waals surface area contributed by atoms with E-state index in [4.69, 9.17) is 0 Å². The Morgan fingerprint density at radius 2 is 2.21 bits per heavy atom. The van der Waals surface area contributed by atoms with Gasteiger partial charge >= 0.3 is 0 Å². The average Bonchev–Trinajstić information content (AvgIpc) is 3.20. The second kappa shape index (κ2) is 6.40. The zero-order valence-electron chi connectivity index (χ0n) is 11.2. The van der Waals surface area contributed by atoms with E-state index in [1.165, 1.54) is 30.7 Å². The highest BCUT2D eigenvalue weighted by Gasteiger charge is 2.31. The second-order valence-corrected chi connectivity index (χ2v) is 6.38. The molecule has 2 rings (SSSR count). The maximum atomic E-state index is 13.4. The van der Waals surface area contributed by atoms with Crippen molar-refractivity contribution in [3.63, 3.8) is 0 Å². The molecule has 0 radical (unpaired) electrons. The van der Waals surface area contributed by atoms with Gasteiger partial charge in [-0.1, -0.05) is 12.1 Å². The van der Waals surface area contributed by atoms with Gasteiger partial charge in [0.15, 0.2) is 0 Å². The van der Waals surface area contributed by atoms with Crippen LogP contribution < -0.4 is 5.32 Å². The van der Waals surface area contributed by atoms with Gasteiger partial charge in [0.1, 0.15) is 11.4 Å². The van der Waals surface area contributed by atoms with Crippen LogP contribution in [0, 0.1) is 17.1 Å². The maximum Gasteiger partial charge on any atom is 0.136 e. The first-order chi connectivity index (χ1) is 9.13. The van der Waals surface area contributed by atoms with E-state index < -0.39 is 5.54 Å². The molecule has 0 aromatic heterocycles. The minimum absolute atomic E-state index is 0.161.